The summed E-state index contributed by atoms with van der Waals surface area (Å²) in [5, 5.41) is 9.06. The van der Waals surface area contributed by atoms with Crippen LogP contribution >= 0.6 is 0 Å². The van der Waals surface area contributed by atoms with Gasteiger partial charge in [-0.15, -0.1) is 0 Å². The average molecular weight is 303 g/mol. The van der Waals surface area contributed by atoms with Crippen LogP contribution in [-0.2, 0) is 4.79 Å². The first-order chi connectivity index (χ1) is 9.80. The molecule has 1 fully saturated rings. The highest BCUT2D eigenvalue weighted by molar-refractivity contribution is 5.93. The first-order valence-electron chi connectivity index (χ1n) is 6.10. The number of amides is 1. The topological polar surface area (TPSA) is 73.7 Å². The number of rotatable bonds is 2. The van der Waals surface area contributed by atoms with Crippen molar-refractivity contribution in [2.45, 2.75) is 6.18 Å². The quantitative estimate of drug-likeness (QED) is 0.882. The molecule has 114 valence electrons. The van der Waals surface area contributed by atoms with Crippen molar-refractivity contribution < 1.29 is 27.9 Å². The Bertz CT molecular complexity index is 554. The molecule has 2 heterocycles. The minimum Gasteiger partial charge on any atom is -0.478 e. The van der Waals surface area contributed by atoms with E-state index in [0.717, 1.165) is 0 Å². The fourth-order valence-electron chi connectivity index (χ4n) is 2.12. The lowest BCUT2D eigenvalue weighted by Crippen LogP contribution is -2.52. The maximum absolute atomic E-state index is 12.3. The Hall–Kier alpha value is -2.32. The van der Waals surface area contributed by atoms with Gasteiger partial charge < -0.3 is 14.9 Å². The molecule has 1 aromatic heterocycles. The molecule has 9 heteroatoms. The Morgan fingerprint density at radius 2 is 1.81 bits per heavy atom. The van der Waals surface area contributed by atoms with E-state index in [1.54, 1.807) is 4.90 Å². The number of carboxylic acid groups (broad SMARTS) is 1. The SMILES string of the molecule is O=C(O)c1cccnc1N1CCN(C(=O)C(F)(F)F)CC1. The molecule has 2 rings (SSSR count). The molecule has 1 aromatic rings. The van der Waals surface area contributed by atoms with Gasteiger partial charge in [-0.05, 0) is 12.1 Å². The number of carboxylic acids is 1. The average Bonchev–Trinajstić information content (AvgIpc) is 2.45. The summed E-state index contributed by atoms with van der Waals surface area (Å²) in [6, 6.07) is 2.84. The van der Waals surface area contributed by atoms with Crippen LogP contribution in [0.4, 0.5) is 19.0 Å². The molecule has 1 saturated heterocycles. The van der Waals surface area contributed by atoms with Crippen LogP contribution in [0.15, 0.2) is 18.3 Å². The highest BCUT2D eigenvalue weighted by Crippen LogP contribution is 2.22. The molecule has 0 spiro atoms. The predicted molar refractivity (Wildman–Crippen MR) is 66.0 cm³/mol. The summed E-state index contributed by atoms with van der Waals surface area (Å²) in [5.74, 6) is -2.84. The van der Waals surface area contributed by atoms with Crippen LogP contribution in [0.25, 0.3) is 0 Å². The van der Waals surface area contributed by atoms with Gasteiger partial charge in [-0.1, -0.05) is 0 Å². The van der Waals surface area contributed by atoms with E-state index in [0.29, 0.717) is 4.90 Å². The van der Waals surface area contributed by atoms with Crippen molar-refractivity contribution in [2.24, 2.45) is 0 Å². The number of carbonyl (C=O) groups is 2. The van der Waals surface area contributed by atoms with Crippen LogP contribution in [0.1, 0.15) is 10.4 Å². The Balaban J connectivity index is 2.09. The number of anilines is 1. The van der Waals surface area contributed by atoms with Crippen LogP contribution in [0.3, 0.4) is 0 Å². The fourth-order valence-corrected chi connectivity index (χ4v) is 2.12. The van der Waals surface area contributed by atoms with E-state index < -0.39 is 18.1 Å². The van der Waals surface area contributed by atoms with Gasteiger partial charge in [0.25, 0.3) is 0 Å². The molecule has 1 amide bonds. The monoisotopic (exact) mass is 303 g/mol. The zero-order chi connectivity index (χ0) is 15.6. The van der Waals surface area contributed by atoms with Crippen LogP contribution in [0.2, 0.25) is 0 Å². The number of piperazine rings is 1. The molecule has 0 radical (unpaired) electrons. The Kier molecular flexibility index (Phi) is 4.01. The fraction of sp³-hybridized carbons (Fsp3) is 0.417. The minimum atomic E-state index is -4.89. The minimum absolute atomic E-state index is 0.0203. The zero-order valence-electron chi connectivity index (χ0n) is 10.8. The number of pyridine rings is 1. The van der Waals surface area contributed by atoms with Crippen molar-refractivity contribution in [1.82, 2.24) is 9.88 Å². The molecular weight excluding hydrogens is 291 g/mol. The van der Waals surface area contributed by atoms with Crippen molar-refractivity contribution >= 4 is 17.7 Å². The molecule has 0 aromatic carbocycles. The van der Waals surface area contributed by atoms with Gasteiger partial charge in [-0.2, -0.15) is 13.2 Å². The molecule has 1 aliphatic rings. The first kappa shape index (κ1) is 15.1. The van der Waals surface area contributed by atoms with Gasteiger partial charge in [-0.3, -0.25) is 4.79 Å². The van der Waals surface area contributed by atoms with Crippen molar-refractivity contribution in [3.8, 4) is 0 Å². The first-order valence-corrected chi connectivity index (χ1v) is 6.10. The van der Waals surface area contributed by atoms with Crippen LogP contribution < -0.4 is 4.90 Å². The van der Waals surface area contributed by atoms with Crippen molar-refractivity contribution in [3.05, 3.63) is 23.9 Å². The van der Waals surface area contributed by atoms with E-state index in [9.17, 15) is 22.8 Å². The number of nitrogens with zero attached hydrogens (tertiary/aromatic N) is 3. The number of hydrogen-bond acceptors (Lipinski definition) is 4. The van der Waals surface area contributed by atoms with Crippen LogP contribution in [-0.4, -0.2) is 59.2 Å². The van der Waals surface area contributed by atoms with Crippen LogP contribution in [0, 0.1) is 0 Å². The third-order valence-corrected chi connectivity index (χ3v) is 3.13. The molecular formula is C12H12F3N3O3. The van der Waals surface area contributed by atoms with Gasteiger partial charge in [0.15, 0.2) is 0 Å². The molecule has 1 aliphatic heterocycles. The summed E-state index contributed by atoms with van der Waals surface area (Å²) in [6.45, 7) is -0.0693. The van der Waals surface area contributed by atoms with E-state index in [1.807, 2.05) is 0 Å². The lowest BCUT2D eigenvalue weighted by atomic mass is 10.2. The second kappa shape index (κ2) is 5.58. The highest BCUT2D eigenvalue weighted by Gasteiger charge is 2.43. The molecule has 6 nitrogen and oxygen atoms in total. The van der Waals surface area contributed by atoms with Gasteiger partial charge in [-0.25, -0.2) is 9.78 Å². The third-order valence-electron chi connectivity index (χ3n) is 3.13. The van der Waals surface area contributed by atoms with Gasteiger partial charge in [0.05, 0.1) is 0 Å². The maximum atomic E-state index is 12.3. The normalized spacial score (nSPS) is 16.0. The van der Waals surface area contributed by atoms with E-state index in [-0.39, 0.29) is 37.6 Å². The number of aromatic carboxylic acids is 1. The number of hydrogen-bond donors (Lipinski definition) is 1. The molecule has 21 heavy (non-hydrogen) atoms. The smallest absolute Gasteiger partial charge is 0.471 e. The predicted octanol–water partition coefficient (Wildman–Crippen LogP) is 0.991. The van der Waals surface area contributed by atoms with E-state index in [1.165, 1.54) is 18.3 Å². The maximum Gasteiger partial charge on any atom is 0.471 e. The largest absolute Gasteiger partial charge is 0.478 e. The van der Waals surface area contributed by atoms with E-state index >= 15 is 0 Å². The lowest BCUT2D eigenvalue weighted by Gasteiger charge is -2.36. The number of aromatic nitrogens is 1. The number of halogens is 3. The van der Waals surface area contributed by atoms with Gasteiger partial charge in [0.2, 0.25) is 0 Å². The standard InChI is InChI=1S/C12H12F3N3O3/c13-12(14,15)11(21)18-6-4-17(5-7-18)9-8(10(19)20)2-1-3-16-9/h1-3H,4-7H2,(H,19,20). The summed E-state index contributed by atoms with van der Waals surface area (Å²) >= 11 is 0. The molecule has 0 atom stereocenters. The van der Waals surface area contributed by atoms with Crippen molar-refractivity contribution in [1.29, 1.82) is 0 Å². The number of carbonyl (C=O) groups excluding carboxylic acids is 1. The second-order valence-corrected chi connectivity index (χ2v) is 4.46. The summed E-state index contributed by atoms with van der Waals surface area (Å²) in [4.78, 5) is 28.4. The summed E-state index contributed by atoms with van der Waals surface area (Å²) in [6.07, 6.45) is -3.48. The third kappa shape index (κ3) is 3.23. The summed E-state index contributed by atoms with van der Waals surface area (Å²) < 4.78 is 37.0. The molecule has 0 aliphatic carbocycles. The number of alkyl halides is 3. The highest BCUT2D eigenvalue weighted by atomic mass is 19.4. The van der Waals surface area contributed by atoms with Gasteiger partial charge >= 0.3 is 18.1 Å². The summed E-state index contributed by atoms with van der Waals surface area (Å²) in [5.41, 5.74) is -0.0203. The van der Waals surface area contributed by atoms with E-state index in [2.05, 4.69) is 4.98 Å². The Morgan fingerprint density at radius 3 is 2.33 bits per heavy atom. The Morgan fingerprint density at radius 1 is 1.19 bits per heavy atom. The molecule has 0 unspecified atom stereocenters. The molecule has 1 N–H and O–H groups in total. The van der Waals surface area contributed by atoms with Gasteiger partial charge in [0.1, 0.15) is 11.4 Å². The van der Waals surface area contributed by atoms with E-state index in [4.69, 9.17) is 5.11 Å². The lowest BCUT2D eigenvalue weighted by molar-refractivity contribution is -0.185. The molecule has 0 saturated carbocycles. The zero-order valence-corrected chi connectivity index (χ0v) is 10.8. The van der Waals surface area contributed by atoms with Crippen molar-refractivity contribution in [2.75, 3.05) is 31.1 Å². The Labute approximate surface area is 117 Å². The van der Waals surface area contributed by atoms with Crippen molar-refractivity contribution in [3.63, 3.8) is 0 Å². The summed E-state index contributed by atoms with van der Waals surface area (Å²) in [7, 11) is 0. The van der Waals surface area contributed by atoms with Gasteiger partial charge in [0, 0.05) is 32.4 Å². The second-order valence-electron chi connectivity index (χ2n) is 4.46. The molecule has 0 bridgehead atoms. The van der Waals surface area contributed by atoms with Crippen LogP contribution in [0.5, 0.6) is 0 Å².